The summed E-state index contributed by atoms with van der Waals surface area (Å²) in [7, 11) is 1.71. The van der Waals surface area contributed by atoms with Gasteiger partial charge in [-0.3, -0.25) is 0 Å². The number of nitrogens with one attached hydrogen (secondary N) is 2. The highest BCUT2D eigenvalue weighted by Gasteiger charge is 2.17. The van der Waals surface area contributed by atoms with Crippen molar-refractivity contribution in [2.75, 3.05) is 19.0 Å². The van der Waals surface area contributed by atoms with Crippen molar-refractivity contribution in [3.05, 3.63) is 24.3 Å². The van der Waals surface area contributed by atoms with Gasteiger partial charge in [0.25, 0.3) is 0 Å². The number of benzene rings is 1. The standard InChI is InChI=1S/C14H22N2O/c1-11(10-12-6-5-9-15-12)16-13-7-3-4-8-14(13)17-2/h3-4,7-8,11-12,15-16H,5-6,9-10H2,1-2H3. The first-order valence-electron chi connectivity index (χ1n) is 6.42. The van der Waals surface area contributed by atoms with E-state index < -0.39 is 0 Å². The molecule has 94 valence electrons. The van der Waals surface area contributed by atoms with E-state index in [2.05, 4.69) is 23.6 Å². The van der Waals surface area contributed by atoms with Crippen LogP contribution < -0.4 is 15.4 Å². The lowest BCUT2D eigenvalue weighted by molar-refractivity contribution is 0.415. The van der Waals surface area contributed by atoms with Gasteiger partial charge in [0.1, 0.15) is 5.75 Å². The van der Waals surface area contributed by atoms with Crippen LogP contribution in [-0.2, 0) is 0 Å². The van der Waals surface area contributed by atoms with Crippen LogP contribution in [0.15, 0.2) is 24.3 Å². The van der Waals surface area contributed by atoms with E-state index >= 15 is 0 Å². The Morgan fingerprint density at radius 1 is 1.47 bits per heavy atom. The van der Waals surface area contributed by atoms with Gasteiger partial charge < -0.3 is 15.4 Å². The quantitative estimate of drug-likeness (QED) is 0.821. The zero-order chi connectivity index (χ0) is 12.1. The summed E-state index contributed by atoms with van der Waals surface area (Å²) in [6, 6.07) is 9.22. The summed E-state index contributed by atoms with van der Waals surface area (Å²) in [4.78, 5) is 0. The molecule has 1 heterocycles. The topological polar surface area (TPSA) is 33.3 Å². The lowest BCUT2D eigenvalue weighted by Crippen LogP contribution is -2.29. The summed E-state index contributed by atoms with van der Waals surface area (Å²) in [6.07, 6.45) is 3.78. The third-order valence-corrected chi connectivity index (χ3v) is 3.31. The molecule has 1 aliphatic heterocycles. The average Bonchev–Trinajstić information content (AvgIpc) is 2.82. The van der Waals surface area contributed by atoms with E-state index in [1.807, 2.05) is 18.2 Å². The predicted molar refractivity (Wildman–Crippen MR) is 71.7 cm³/mol. The average molecular weight is 234 g/mol. The zero-order valence-electron chi connectivity index (χ0n) is 10.7. The van der Waals surface area contributed by atoms with Crippen LogP contribution >= 0.6 is 0 Å². The van der Waals surface area contributed by atoms with Crippen molar-refractivity contribution in [1.82, 2.24) is 5.32 Å². The number of ether oxygens (including phenoxy) is 1. The highest BCUT2D eigenvalue weighted by molar-refractivity contribution is 5.56. The smallest absolute Gasteiger partial charge is 0.141 e. The van der Waals surface area contributed by atoms with Crippen molar-refractivity contribution < 1.29 is 4.74 Å². The second kappa shape index (κ2) is 5.92. The minimum absolute atomic E-state index is 0.460. The van der Waals surface area contributed by atoms with Crippen LogP contribution in [0.25, 0.3) is 0 Å². The van der Waals surface area contributed by atoms with Gasteiger partial charge in [-0.1, -0.05) is 12.1 Å². The summed E-state index contributed by atoms with van der Waals surface area (Å²) in [5.41, 5.74) is 1.08. The molecule has 0 bridgehead atoms. The Bertz CT molecular complexity index is 348. The van der Waals surface area contributed by atoms with Crippen LogP contribution in [-0.4, -0.2) is 25.7 Å². The molecule has 0 saturated carbocycles. The van der Waals surface area contributed by atoms with Gasteiger partial charge in [0.05, 0.1) is 12.8 Å². The number of rotatable bonds is 5. The fourth-order valence-electron chi connectivity index (χ4n) is 2.47. The van der Waals surface area contributed by atoms with Crippen LogP contribution in [0, 0.1) is 0 Å². The number of hydrogen-bond acceptors (Lipinski definition) is 3. The second-order valence-corrected chi connectivity index (χ2v) is 4.77. The first-order valence-corrected chi connectivity index (χ1v) is 6.42. The maximum Gasteiger partial charge on any atom is 0.141 e. The maximum atomic E-state index is 5.34. The molecule has 1 fully saturated rings. The van der Waals surface area contributed by atoms with Gasteiger partial charge in [0.15, 0.2) is 0 Å². The molecule has 3 nitrogen and oxygen atoms in total. The van der Waals surface area contributed by atoms with Gasteiger partial charge in [-0.25, -0.2) is 0 Å². The van der Waals surface area contributed by atoms with Crippen molar-refractivity contribution in [3.63, 3.8) is 0 Å². The van der Waals surface area contributed by atoms with E-state index in [0.29, 0.717) is 12.1 Å². The first-order chi connectivity index (χ1) is 8.29. The molecular formula is C14H22N2O. The van der Waals surface area contributed by atoms with Crippen molar-refractivity contribution in [2.24, 2.45) is 0 Å². The lowest BCUT2D eigenvalue weighted by atomic mass is 10.1. The third-order valence-electron chi connectivity index (χ3n) is 3.31. The molecule has 3 heteroatoms. The van der Waals surface area contributed by atoms with Crippen LogP contribution in [0.2, 0.25) is 0 Å². The third kappa shape index (κ3) is 3.37. The summed E-state index contributed by atoms with van der Waals surface area (Å²) in [6.45, 7) is 3.40. The molecule has 0 aliphatic carbocycles. The maximum absolute atomic E-state index is 5.34. The molecule has 2 atom stereocenters. The van der Waals surface area contributed by atoms with E-state index in [0.717, 1.165) is 17.9 Å². The second-order valence-electron chi connectivity index (χ2n) is 4.77. The van der Waals surface area contributed by atoms with Gasteiger partial charge in [-0.2, -0.15) is 0 Å². The fraction of sp³-hybridized carbons (Fsp3) is 0.571. The Hall–Kier alpha value is -1.22. The summed E-state index contributed by atoms with van der Waals surface area (Å²) < 4.78 is 5.34. The fourth-order valence-corrected chi connectivity index (χ4v) is 2.47. The highest BCUT2D eigenvalue weighted by atomic mass is 16.5. The van der Waals surface area contributed by atoms with Crippen LogP contribution in [0.1, 0.15) is 26.2 Å². The van der Waals surface area contributed by atoms with E-state index in [1.165, 1.54) is 19.4 Å². The molecule has 0 radical (unpaired) electrons. The minimum atomic E-state index is 0.460. The van der Waals surface area contributed by atoms with E-state index in [-0.39, 0.29) is 0 Å². The van der Waals surface area contributed by atoms with Crippen molar-refractivity contribution in [3.8, 4) is 5.75 Å². The van der Waals surface area contributed by atoms with E-state index in [1.54, 1.807) is 7.11 Å². The van der Waals surface area contributed by atoms with Gasteiger partial charge in [-0.15, -0.1) is 0 Å². The molecule has 2 unspecified atom stereocenters. The Labute approximate surface area is 104 Å². The number of para-hydroxylation sites is 2. The van der Waals surface area contributed by atoms with Gasteiger partial charge >= 0.3 is 0 Å². The molecular weight excluding hydrogens is 212 g/mol. The molecule has 1 aromatic rings. The van der Waals surface area contributed by atoms with Crippen LogP contribution in [0.5, 0.6) is 5.75 Å². The van der Waals surface area contributed by atoms with Crippen molar-refractivity contribution >= 4 is 5.69 Å². The summed E-state index contributed by atoms with van der Waals surface area (Å²) in [5, 5.41) is 7.05. The monoisotopic (exact) mass is 234 g/mol. The van der Waals surface area contributed by atoms with Crippen molar-refractivity contribution in [1.29, 1.82) is 0 Å². The van der Waals surface area contributed by atoms with Crippen molar-refractivity contribution in [2.45, 2.75) is 38.3 Å². The lowest BCUT2D eigenvalue weighted by Gasteiger charge is -2.20. The Morgan fingerprint density at radius 3 is 3.00 bits per heavy atom. The molecule has 1 aromatic carbocycles. The molecule has 0 spiro atoms. The number of methoxy groups -OCH3 is 1. The largest absolute Gasteiger partial charge is 0.495 e. The van der Waals surface area contributed by atoms with Gasteiger partial charge in [0.2, 0.25) is 0 Å². The van der Waals surface area contributed by atoms with E-state index in [4.69, 9.17) is 4.74 Å². The highest BCUT2D eigenvalue weighted by Crippen LogP contribution is 2.24. The van der Waals surface area contributed by atoms with E-state index in [9.17, 15) is 0 Å². The van der Waals surface area contributed by atoms with Crippen LogP contribution in [0.4, 0.5) is 5.69 Å². The van der Waals surface area contributed by atoms with Gasteiger partial charge in [-0.05, 0) is 44.9 Å². The Morgan fingerprint density at radius 2 is 2.29 bits per heavy atom. The molecule has 2 rings (SSSR count). The Balaban J connectivity index is 1.90. The normalized spacial score (nSPS) is 21.2. The number of anilines is 1. The summed E-state index contributed by atoms with van der Waals surface area (Å²) in [5.74, 6) is 0.915. The SMILES string of the molecule is COc1ccccc1NC(C)CC1CCCN1. The first kappa shape index (κ1) is 12.2. The summed E-state index contributed by atoms with van der Waals surface area (Å²) >= 11 is 0. The molecule has 1 aliphatic rings. The number of hydrogen-bond donors (Lipinski definition) is 2. The molecule has 2 N–H and O–H groups in total. The molecule has 0 amide bonds. The van der Waals surface area contributed by atoms with Gasteiger partial charge in [0, 0.05) is 12.1 Å². The molecule has 17 heavy (non-hydrogen) atoms. The molecule has 1 saturated heterocycles. The predicted octanol–water partition coefficient (Wildman–Crippen LogP) is 2.64. The Kier molecular flexibility index (Phi) is 4.26. The zero-order valence-corrected chi connectivity index (χ0v) is 10.7. The minimum Gasteiger partial charge on any atom is -0.495 e. The molecule has 0 aromatic heterocycles. The van der Waals surface area contributed by atoms with Crippen LogP contribution in [0.3, 0.4) is 0 Å².